The number of thiophene rings is 1. The Kier molecular flexibility index (Phi) is 6.80. The summed E-state index contributed by atoms with van der Waals surface area (Å²) in [7, 11) is 0. The first-order valence-electron chi connectivity index (χ1n) is 18.1. The van der Waals surface area contributed by atoms with Crippen LogP contribution in [0.4, 0.5) is 0 Å². The Hall–Kier alpha value is -6.61. The number of hydrogen-bond donors (Lipinski definition) is 0. The molecule has 0 saturated carbocycles. The predicted octanol–water partition coefficient (Wildman–Crippen LogP) is 14.7. The van der Waals surface area contributed by atoms with Crippen LogP contribution in [0.25, 0.3) is 108 Å². The van der Waals surface area contributed by atoms with Crippen LogP contribution >= 0.6 is 11.3 Å². The van der Waals surface area contributed by atoms with E-state index in [1.54, 1.807) is 0 Å². The van der Waals surface area contributed by atoms with Gasteiger partial charge in [-0.1, -0.05) is 164 Å². The number of benzene rings is 9. The number of aromatic nitrogens is 1. The lowest BCUT2D eigenvalue weighted by molar-refractivity contribution is 1.32. The molecule has 0 atom stereocenters. The van der Waals surface area contributed by atoms with Gasteiger partial charge >= 0.3 is 0 Å². The molecule has 11 aromatic rings. The van der Waals surface area contributed by atoms with Gasteiger partial charge in [0.2, 0.25) is 0 Å². The van der Waals surface area contributed by atoms with Gasteiger partial charge in [-0.2, -0.15) is 0 Å². The van der Waals surface area contributed by atoms with E-state index in [9.17, 15) is 0 Å². The van der Waals surface area contributed by atoms with Gasteiger partial charge in [-0.15, -0.1) is 11.3 Å². The summed E-state index contributed by atoms with van der Waals surface area (Å²) in [6.45, 7) is 0. The first-order valence-corrected chi connectivity index (χ1v) is 18.9. The molecule has 0 amide bonds. The molecule has 2 heterocycles. The Balaban J connectivity index is 1.11. The fraction of sp³-hybridized carbons (Fsp3) is 0. The first kappa shape index (κ1) is 30.1. The predicted molar refractivity (Wildman–Crippen MR) is 229 cm³/mol. The minimum absolute atomic E-state index is 0.962. The third-order valence-corrected chi connectivity index (χ3v) is 12.1. The van der Waals surface area contributed by atoms with Crippen molar-refractivity contribution in [2.75, 3.05) is 0 Å². The summed E-state index contributed by atoms with van der Waals surface area (Å²) in [5, 5.41) is 13.1. The molecule has 2 heteroatoms. The molecule has 0 aliphatic carbocycles. The summed E-state index contributed by atoms with van der Waals surface area (Å²) >= 11 is 1.94. The number of nitrogens with zero attached hydrogens (tertiary/aromatic N) is 1. The molecule has 0 spiro atoms. The summed E-state index contributed by atoms with van der Waals surface area (Å²) in [5.41, 5.74) is 8.84. The largest absolute Gasteiger partial charge is 0.248 e. The zero-order valence-corrected chi connectivity index (χ0v) is 29.6. The van der Waals surface area contributed by atoms with Gasteiger partial charge in [0.1, 0.15) is 0 Å². The van der Waals surface area contributed by atoms with Gasteiger partial charge in [0, 0.05) is 36.7 Å². The molecule has 0 aliphatic heterocycles. The lowest BCUT2D eigenvalue weighted by Gasteiger charge is -2.14. The summed E-state index contributed by atoms with van der Waals surface area (Å²) in [5.74, 6) is 0. The van der Waals surface area contributed by atoms with Crippen molar-refractivity contribution in [3.8, 4) is 44.8 Å². The van der Waals surface area contributed by atoms with Gasteiger partial charge in [0.15, 0.2) is 0 Å². The monoisotopic (exact) mass is 689 g/mol. The third kappa shape index (κ3) is 4.88. The zero-order valence-electron chi connectivity index (χ0n) is 28.8. The highest BCUT2D eigenvalue weighted by Crippen LogP contribution is 2.46. The maximum absolute atomic E-state index is 5.23. The van der Waals surface area contributed by atoms with E-state index >= 15 is 0 Å². The number of pyridine rings is 1. The summed E-state index contributed by atoms with van der Waals surface area (Å²) in [6.07, 6.45) is 0. The van der Waals surface area contributed by atoms with E-state index in [2.05, 4.69) is 188 Å². The van der Waals surface area contributed by atoms with E-state index in [0.717, 1.165) is 28.1 Å². The SMILES string of the molecule is c1ccc(-c2cc(-c3ccccc3)nc(-c3cccc(-c4ccc5c(c4)c4ccccc4c4ccc6c7ccc8ccccc8c7sc6c45)c3)c2)cc1. The van der Waals surface area contributed by atoms with Crippen molar-refractivity contribution in [1.29, 1.82) is 0 Å². The molecule has 0 aliphatic rings. The standard InChI is InChI=1S/C51H31NS/c1-3-12-32(13-4-1)38-30-47(34-15-5-2-6-16-34)52-48(31-38)37-18-11-17-35(28-37)36-23-24-43-46(29-36)41-21-10-9-20-40(41)42-26-27-45-44-25-22-33-14-7-8-19-39(33)50(44)53-51(45)49(42)43/h1-31H. The van der Waals surface area contributed by atoms with Crippen LogP contribution in [0.5, 0.6) is 0 Å². The van der Waals surface area contributed by atoms with E-state index in [4.69, 9.17) is 4.98 Å². The van der Waals surface area contributed by atoms with Crippen LogP contribution in [0.1, 0.15) is 0 Å². The third-order valence-electron chi connectivity index (χ3n) is 10.8. The minimum Gasteiger partial charge on any atom is -0.248 e. The molecular weight excluding hydrogens is 659 g/mol. The molecule has 11 rings (SSSR count). The van der Waals surface area contributed by atoms with Gasteiger partial charge in [-0.25, -0.2) is 4.98 Å². The summed E-state index contributed by atoms with van der Waals surface area (Å²) in [6, 6.07) is 68.4. The molecule has 0 fully saturated rings. The Morgan fingerprint density at radius 2 is 0.830 bits per heavy atom. The van der Waals surface area contributed by atoms with Crippen molar-refractivity contribution in [2.24, 2.45) is 0 Å². The molecule has 2 aromatic heterocycles. The first-order chi connectivity index (χ1) is 26.3. The average Bonchev–Trinajstić information content (AvgIpc) is 3.63. The van der Waals surface area contributed by atoms with Crippen LogP contribution in [0.3, 0.4) is 0 Å². The molecule has 0 radical (unpaired) electrons. The summed E-state index contributed by atoms with van der Waals surface area (Å²) in [4.78, 5) is 5.23. The highest BCUT2D eigenvalue weighted by molar-refractivity contribution is 7.27. The van der Waals surface area contributed by atoms with Gasteiger partial charge in [0.25, 0.3) is 0 Å². The quantitative estimate of drug-likeness (QED) is 0.168. The zero-order chi connectivity index (χ0) is 34.9. The molecule has 0 N–H and O–H groups in total. The van der Waals surface area contributed by atoms with E-state index < -0.39 is 0 Å². The van der Waals surface area contributed by atoms with Crippen LogP contribution in [-0.4, -0.2) is 4.98 Å². The molecule has 0 unspecified atom stereocenters. The normalized spacial score (nSPS) is 11.8. The molecule has 0 saturated heterocycles. The van der Waals surface area contributed by atoms with Gasteiger partial charge < -0.3 is 0 Å². The maximum atomic E-state index is 5.23. The maximum Gasteiger partial charge on any atom is 0.0715 e. The second-order valence-corrected chi connectivity index (χ2v) is 14.9. The highest BCUT2D eigenvalue weighted by atomic mass is 32.1. The molecule has 1 nitrogen and oxygen atoms in total. The van der Waals surface area contributed by atoms with Crippen molar-refractivity contribution >= 4 is 74.6 Å². The Morgan fingerprint density at radius 1 is 0.283 bits per heavy atom. The van der Waals surface area contributed by atoms with E-state index in [0.29, 0.717) is 0 Å². The fourth-order valence-electron chi connectivity index (χ4n) is 8.27. The van der Waals surface area contributed by atoms with Crippen molar-refractivity contribution in [1.82, 2.24) is 4.98 Å². The molecule has 9 aromatic carbocycles. The Morgan fingerprint density at radius 3 is 1.64 bits per heavy atom. The lowest BCUT2D eigenvalue weighted by atomic mass is 9.91. The van der Waals surface area contributed by atoms with Gasteiger partial charge in [-0.05, 0) is 84.2 Å². The van der Waals surface area contributed by atoms with Crippen LogP contribution in [-0.2, 0) is 0 Å². The fourth-order valence-corrected chi connectivity index (χ4v) is 9.67. The Labute approximate surface area is 311 Å². The van der Waals surface area contributed by atoms with Crippen molar-refractivity contribution < 1.29 is 0 Å². The number of fused-ring (bicyclic) bond motifs is 12. The molecule has 0 bridgehead atoms. The van der Waals surface area contributed by atoms with E-state index in [-0.39, 0.29) is 0 Å². The van der Waals surface area contributed by atoms with Crippen molar-refractivity contribution in [2.45, 2.75) is 0 Å². The van der Waals surface area contributed by atoms with Gasteiger partial charge in [-0.3, -0.25) is 0 Å². The smallest absolute Gasteiger partial charge is 0.0715 e. The van der Waals surface area contributed by atoms with E-state index in [1.807, 2.05) is 11.3 Å². The second-order valence-electron chi connectivity index (χ2n) is 13.9. The number of hydrogen-bond acceptors (Lipinski definition) is 2. The van der Waals surface area contributed by atoms with Crippen molar-refractivity contribution in [3.63, 3.8) is 0 Å². The topological polar surface area (TPSA) is 12.9 Å². The van der Waals surface area contributed by atoms with Crippen LogP contribution in [0, 0.1) is 0 Å². The minimum atomic E-state index is 0.962. The number of rotatable bonds is 4. The second kappa shape index (κ2) is 12.0. The lowest BCUT2D eigenvalue weighted by Crippen LogP contribution is -1.92. The molecule has 53 heavy (non-hydrogen) atoms. The van der Waals surface area contributed by atoms with Gasteiger partial charge in [0.05, 0.1) is 11.4 Å². The molecular formula is C51H31NS. The highest BCUT2D eigenvalue weighted by Gasteiger charge is 2.17. The molecule has 246 valence electrons. The average molecular weight is 690 g/mol. The van der Waals surface area contributed by atoms with Crippen molar-refractivity contribution in [3.05, 3.63) is 188 Å². The Bertz CT molecular complexity index is 3150. The summed E-state index contributed by atoms with van der Waals surface area (Å²) < 4.78 is 2.72. The van der Waals surface area contributed by atoms with E-state index in [1.165, 1.54) is 80.0 Å². The van der Waals surface area contributed by atoms with Crippen LogP contribution < -0.4 is 0 Å². The van der Waals surface area contributed by atoms with Crippen LogP contribution in [0.15, 0.2) is 188 Å². The van der Waals surface area contributed by atoms with Crippen LogP contribution in [0.2, 0.25) is 0 Å².